The molecule has 0 amide bonds. The summed E-state index contributed by atoms with van der Waals surface area (Å²) in [6.07, 6.45) is -1.10. The van der Waals surface area contributed by atoms with Gasteiger partial charge >= 0.3 is 6.18 Å². The molecule has 2 aromatic carbocycles. The van der Waals surface area contributed by atoms with Gasteiger partial charge in [-0.2, -0.15) is 13.2 Å². The quantitative estimate of drug-likeness (QED) is 0.321. The van der Waals surface area contributed by atoms with Crippen molar-refractivity contribution in [3.8, 4) is 0 Å². The fraction of sp³-hybridized carbons (Fsp3) is 0.400. The van der Waals surface area contributed by atoms with E-state index >= 15 is 0 Å². The molecular weight excluding hydrogens is 550 g/mol. The van der Waals surface area contributed by atoms with Crippen molar-refractivity contribution in [2.24, 2.45) is 0 Å². The molecule has 0 radical (unpaired) electrons. The van der Waals surface area contributed by atoms with E-state index < -0.39 is 38.0 Å². The van der Waals surface area contributed by atoms with E-state index in [-0.39, 0.29) is 28.7 Å². The summed E-state index contributed by atoms with van der Waals surface area (Å²) in [6.45, 7) is 0. The molecule has 0 spiro atoms. The summed E-state index contributed by atoms with van der Waals surface area (Å²) in [5.41, 5.74) is 0.236. The fourth-order valence-electron chi connectivity index (χ4n) is 4.80. The molecule has 1 saturated carbocycles. The van der Waals surface area contributed by atoms with Crippen molar-refractivity contribution in [1.82, 2.24) is 9.88 Å². The third-order valence-electron chi connectivity index (χ3n) is 6.66. The number of alkyl halides is 3. The number of anilines is 1. The number of rotatable bonds is 7. The molecule has 4 rings (SSSR count). The van der Waals surface area contributed by atoms with Gasteiger partial charge < -0.3 is 10.2 Å². The van der Waals surface area contributed by atoms with E-state index in [2.05, 4.69) is 10.3 Å². The van der Waals surface area contributed by atoms with Gasteiger partial charge in [0, 0.05) is 23.7 Å². The van der Waals surface area contributed by atoms with Gasteiger partial charge in [0.05, 0.1) is 16.3 Å². The van der Waals surface area contributed by atoms with Crippen molar-refractivity contribution in [1.29, 1.82) is 0 Å². The molecule has 1 aliphatic carbocycles. The van der Waals surface area contributed by atoms with Crippen molar-refractivity contribution in [3.63, 3.8) is 0 Å². The predicted octanol–water partition coefficient (Wildman–Crippen LogP) is 6.61. The van der Waals surface area contributed by atoms with Crippen LogP contribution in [0.4, 0.5) is 23.2 Å². The van der Waals surface area contributed by atoms with E-state index in [0.717, 1.165) is 18.2 Å². The molecule has 200 valence electrons. The van der Waals surface area contributed by atoms with E-state index in [0.29, 0.717) is 29.8 Å². The Balaban J connectivity index is 1.52. The molecule has 5 nitrogen and oxygen atoms in total. The molecule has 1 aromatic heterocycles. The number of nitrogens with one attached hydrogen (secondary N) is 1. The molecule has 12 heteroatoms. The molecule has 37 heavy (non-hydrogen) atoms. The molecule has 0 unspecified atom stereocenters. The maximum atomic E-state index is 15.0. The van der Waals surface area contributed by atoms with E-state index in [1.165, 1.54) is 29.7 Å². The van der Waals surface area contributed by atoms with Crippen LogP contribution in [0.2, 0.25) is 5.02 Å². The number of aromatic nitrogens is 1. The van der Waals surface area contributed by atoms with Crippen LogP contribution in [0.3, 0.4) is 0 Å². The third-order valence-corrected chi connectivity index (χ3v) is 9.57. The van der Waals surface area contributed by atoms with Crippen LogP contribution >= 0.6 is 22.9 Å². The van der Waals surface area contributed by atoms with Gasteiger partial charge in [0.1, 0.15) is 21.5 Å². The molecule has 1 N–H and O–H groups in total. The second kappa shape index (κ2) is 10.9. The summed E-state index contributed by atoms with van der Waals surface area (Å²) in [6, 6.07) is 7.37. The van der Waals surface area contributed by atoms with Gasteiger partial charge in [-0.15, -0.1) is 11.3 Å². The zero-order chi connectivity index (χ0) is 27.0. The topological polar surface area (TPSA) is 62.3 Å². The number of thiazole rings is 1. The fourth-order valence-corrected chi connectivity index (χ4v) is 7.43. The van der Waals surface area contributed by atoms with Gasteiger partial charge in [-0.3, -0.25) is 0 Å². The average Bonchev–Trinajstić information content (AvgIpc) is 3.33. The predicted molar refractivity (Wildman–Crippen MR) is 137 cm³/mol. The Morgan fingerprint density at radius 2 is 1.95 bits per heavy atom. The molecule has 1 fully saturated rings. The maximum absolute atomic E-state index is 15.0. The Hall–Kier alpha value is -2.21. The SMILES string of the molecule is CN(C)[C@H]1C[C@@H](c2cccc(C(F)(F)F)c2)CC[C@@H]1Nc1cc(F)c(S(=O)(=O)Cc2nccs2)cc1Cl. The first-order valence-electron chi connectivity index (χ1n) is 11.6. The monoisotopic (exact) mass is 575 g/mol. The molecular formula is C25H26ClF4N3O2S2. The molecule has 3 atom stereocenters. The summed E-state index contributed by atoms with van der Waals surface area (Å²) in [7, 11) is -0.231. The lowest BCUT2D eigenvalue weighted by atomic mass is 9.78. The molecule has 1 heterocycles. The molecule has 0 saturated heterocycles. The number of hydrogen-bond acceptors (Lipinski definition) is 6. The highest BCUT2D eigenvalue weighted by Gasteiger charge is 2.35. The van der Waals surface area contributed by atoms with E-state index in [1.807, 2.05) is 19.0 Å². The van der Waals surface area contributed by atoms with Crippen LogP contribution in [0.25, 0.3) is 0 Å². The summed E-state index contributed by atoms with van der Waals surface area (Å²) in [5.74, 6) is -1.41. The smallest absolute Gasteiger partial charge is 0.379 e. The summed E-state index contributed by atoms with van der Waals surface area (Å²) < 4.78 is 80.1. The third kappa shape index (κ3) is 6.45. The van der Waals surface area contributed by atoms with Crippen molar-refractivity contribution in [2.45, 2.75) is 54.1 Å². The van der Waals surface area contributed by atoms with Crippen molar-refractivity contribution in [3.05, 3.63) is 74.9 Å². The van der Waals surface area contributed by atoms with Gasteiger partial charge in [-0.1, -0.05) is 29.8 Å². The number of halogens is 5. The summed E-state index contributed by atoms with van der Waals surface area (Å²) in [5, 5.41) is 5.31. The minimum atomic E-state index is -4.41. The largest absolute Gasteiger partial charge is 0.416 e. The Morgan fingerprint density at radius 3 is 2.59 bits per heavy atom. The van der Waals surface area contributed by atoms with E-state index in [9.17, 15) is 26.0 Å². The van der Waals surface area contributed by atoms with E-state index in [1.54, 1.807) is 11.4 Å². The minimum Gasteiger partial charge on any atom is -0.379 e. The molecule has 0 aliphatic heterocycles. The van der Waals surface area contributed by atoms with Gasteiger partial charge in [0.2, 0.25) is 0 Å². The van der Waals surface area contributed by atoms with Crippen LogP contribution in [0.1, 0.15) is 41.3 Å². The van der Waals surface area contributed by atoms with Crippen LogP contribution in [0, 0.1) is 5.82 Å². The Kier molecular flexibility index (Phi) is 8.18. The van der Waals surface area contributed by atoms with Gasteiger partial charge in [-0.25, -0.2) is 17.8 Å². The highest BCUT2D eigenvalue weighted by atomic mass is 35.5. The van der Waals surface area contributed by atoms with Crippen LogP contribution in [0.5, 0.6) is 0 Å². The average molecular weight is 576 g/mol. The second-order valence-electron chi connectivity index (χ2n) is 9.36. The number of nitrogens with zero attached hydrogens (tertiary/aromatic N) is 2. The molecule has 3 aromatic rings. The molecule has 0 bridgehead atoms. The Labute approximate surface area is 222 Å². The second-order valence-corrected chi connectivity index (χ2v) is 12.7. The van der Waals surface area contributed by atoms with Crippen LogP contribution < -0.4 is 5.32 Å². The normalized spacial score (nSPS) is 20.8. The first-order chi connectivity index (χ1) is 17.3. The maximum Gasteiger partial charge on any atom is 0.416 e. The van der Waals surface area contributed by atoms with E-state index in [4.69, 9.17) is 11.6 Å². The Morgan fingerprint density at radius 1 is 1.19 bits per heavy atom. The summed E-state index contributed by atoms with van der Waals surface area (Å²) >= 11 is 7.56. The first kappa shape index (κ1) is 27.8. The zero-order valence-corrected chi connectivity index (χ0v) is 22.5. The standard InChI is InChI=1S/C25H26ClF4N3O2S2/c1-33(2)22-11-16(15-4-3-5-17(10-15)25(28,29)30)6-7-20(22)32-21-13-19(27)23(12-18(21)26)37(34,35)14-24-31-8-9-36-24/h3-5,8-10,12-13,16,20,22,32H,6-7,11,14H2,1-2H3/t16-,20-,22-/m0/s1. The van der Waals surface area contributed by atoms with Crippen molar-refractivity contribution < 1.29 is 26.0 Å². The van der Waals surface area contributed by atoms with Crippen molar-refractivity contribution >= 4 is 38.5 Å². The highest BCUT2D eigenvalue weighted by molar-refractivity contribution is 7.90. The van der Waals surface area contributed by atoms with Gasteiger partial charge in [-0.05, 0) is 63.0 Å². The van der Waals surface area contributed by atoms with Gasteiger partial charge in [0.15, 0.2) is 9.84 Å². The lowest BCUT2D eigenvalue weighted by molar-refractivity contribution is -0.137. The van der Waals surface area contributed by atoms with Crippen LogP contribution in [0.15, 0.2) is 52.9 Å². The first-order valence-corrected chi connectivity index (χ1v) is 14.5. The van der Waals surface area contributed by atoms with Crippen LogP contribution in [-0.4, -0.2) is 44.5 Å². The summed E-state index contributed by atoms with van der Waals surface area (Å²) in [4.78, 5) is 5.45. The zero-order valence-electron chi connectivity index (χ0n) is 20.1. The van der Waals surface area contributed by atoms with Crippen molar-refractivity contribution in [2.75, 3.05) is 19.4 Å². The number of hydrogen-bond donors (Lipinski definition) is 1. The minimum absolute atomic E-state index is 0.0663. The number of likely N-dealkylation sites (N-methyl/N-ethyl adjacent to an activating group) is 1. The Bertz CT molecular complexity index is 1350. The number of benzene rings is 2. The number of sulfone groups is 1. The van der Waals surface area contributed by atoms with Gasteiger partial charge in [0.25, 0.3) is 0 Å². The lowest BCUT2D eigenvalue weighted by Gasteiger charge is -2.41. The lowest BCUT2D eigenvalue weighted by Crippen LogP contribution is -2.47. The molecule has 1 aliphatic rings. The highest BCUT2D eigenvalue weighted by Crippen LogP contribution is 2.39. The van der Waals surface area contributed by atoms with Crippen LogP contribution in [-0.2, 0) is 21.8 Å².